The lowest BCUT2D eigenvalue weighted by Crippen LogP contribution is -2.38. The number of nitrogen functional groups attached to an aromatic ring is 1. The molecule has 0 aliphatic heterocycles. The lowest BCUT2D eigenvalue weighted by atomic mass is 9.93. The fourth-order valence-electron chi connectivity index (χ4n) is 0.816. The molecule has 0 aliphatic carbocycles. The number of H-pyrrole nitrogens is 1. The summed E-state index contributed by atoms with van der Waals surface area (Å²) in [5, 5.41) is 19.1. The largest absolute Gasteiger partial charge is 0.388 e. The Kier molecular flexibility index (Phi) is 2.95. The van der Waals surface area contributed by atoms with Gasteiger partial charge < -0.3 is 16.2 Å². The molecule has 0 fully saturated rings. The molecule has 1 atom stereocenters. The third-order valence-electron chi connectivity index (χ3n) is 2.35. The van der Waals surface area contributed by atoms with E-state index in [1.54, 1.807) is 6.92 Å². The molecule has 0 radical (unpaired) electrons. The van der Waals surface area contributed by atoms with Crippen LogP contribution in [0, 0.1) is 5.92 Å². The first-order chi connectivity index (χ1) is 6.42. The normalized spacial score (nSPS) is 15.5. The number of hydrogen-bond donors (Lipinski definition) is 4. The monoisotopic (exact) mass is 199 g/mol. The predicted octanol–water partition coefficient (Wildman–Crippen LogP) is 0.206. The second-order valence-electron chi connectivity index (χ2n) is 3.91. The van der Waals surface area contributed by atoms with Crippen LogP contribution in [0.3, 0.4) is 0 Å². The Morgan fingerprint density at radius 3 is 2.71 bits per heavy atom. The van der Waals surface area contributed by atoms with E-state index < -0.39 is 5.60 Å². The number of aliphatic hydroxyl groups is 1. The zero-order chi connectivity index (χ0) is 10.8. The summed E-state index contributed by atoms with van der Waals surface area (Å²) in [5.41, 5.74) is 4.56. The van der Waals surface area contributed by atoms with Crippen LogP contribution in [0.25, 0.3) is 0 Å². The number of anilines is 2. The maximum Gasteiger partial charge on any atom is 0.243 e. The van der Waals surface area contributed by atoms with Gasteiger partial charge in [-0.25, -0.2) is 5.10 Å². The molecule has 0 saturated carbocycles. The summed E-state index contributed by atoms with van der Waals surface area (Å²) >= 11 is 0. The topological polar surface area (TPSA) is 99.8 Å². The van der Waals surface area contributed by atoms with Gasteiger partial charge >= 0.3 is 0 Å². The van der Waals surface area contributed by atoms with E-state index in [0.717, 1.165) is 0 Å². The fraction of sp³-hybridized carbons (Fsp3) is 0.750. The van der Waals surface area contributed by atoms with E-state index in [0.29, 0.717) is 12.5 Å². The summed E-state index contributed by atoms with van der Waals surface area (Å²) in [5.74, 6) is 0.825. The third-order valence-corrected chi connectivity index (χ3v) is 2.35. The Bertz CT molecular complexity index is 294. The molecule has 80 valence electrons. The molecule has 0 aliphatic rings. The van der Waals surface area contributed by atoms with E-state index in [4.69, 9.17) is 5.73 Å². The van der Waals surface area contributed by atoms with E-state index in [-0.39, 0.29) is 11.9 Å². The average molecular weight is 199 g/mol. The van der Waals surface area contributed by atoms with Crippen LogP contribution in [-0.4, -0.2) is 32.4 Å². The highest BCUT2D eigenvalue weighted by molar-refractivity contribution is 5.30. The summed E-state index contributed by atoms with van der Waals surface area (Å²) in [6.07, 6.45) is 0. The maximum atomic E-state index is 9.90. The molecule has 0 spiro atoms. The van der Waals surface area contributed by atoms with Gasteiger partial charge in [0.05, 0.1) is 5.60 Å². The molecule has 14 heavy (non-hydrogen) atoms. The summed E-state index contributed by atoms with van der Waals surface area (Å²) in [7, 11) is 0. The molecule has 0 amide bonds. The van der Waals surface area contributed by atoms with Crippen LogP contribution in [0.2, 0.25) is 0 Å². The van der Waals surface area contributed by atoms with Gasteiger partial charge in [-0.15, -0.1) is 5.10 Å². The van der Waals surface area contributed by atoms with Gasteiger partial charge in [-0.1, -0.05) is 13.8 Å². The van der Waals surface area contributed by atoms with Crippen molar-refractivity contribution < 1.29 is 5.11 Å². The molecule has 1 rings (SSSR count). The van der Waals surface area contributed by atoms with E-state index in [1.807, 2.05) is 13.8 Å². The molecule has 1 heterocycles. The summed E-state index contributed by atoms with van der Waals surface area (Å²) < 4.78 is 0. The first-order valence-electron chi connectivity index (χ1n) is 4.56. The van der Waals surface area contributed by atoms with Crippen LogP contribution in [0.1, 0.15) is 20.8 Å². The van der Waals surface area contributed by atoms with Gasteiger partial charge in [0.2, 0.25) is 11.9 Å². The predicted molar refractivity (Wildman–Crippen MR) is 54.7 cm³/mol. The van der Waals surface area contributed by atoms with Gasteiger partial charge in [0.15, 0.2) is 0 Å². The summed E-state index contributed by atoms with van der Waals surface area (Å²) in [6.45, 7) is 6.06. The van der Waals surface area contributed by atoms with Gasteiger partial charge in [-0.3, -0.25) is 0 Å². The van der Waals surface area contributed by atoms with Crippen molar-refractivity contribution in [2.24, 2.45) is 5.92 Å². The number of aromatic nitrogens is 3. The molecule has 1 aromatic heterocycles. The van der Waals surface area contributed by atoms with Crippen LogP contribution >= 0.6 is 0 Å². The first kappa shape index (κ1) is 10.8. The minimum Gasteiger partial charge on any atom is -0.388 e. The molecule has 5 N–H and O–H groups in total. The van der Waals surface area contributed by atoms with Crippen LogP contribution < -0.4 is 11.1 Å². The van der Waals surface area contributed by atoms with Crippen LogP contribution in [0.15, 0.2) is 0 Å². The van der Waals surface area contributed by atoms with Gasteiger partial charge in [0.1, 0.15) is 0 Å². The maximum absolute atomic E-state index is 9.90. The molecular weight excluding hydrogens is 182 g/mol. The average Bonchev–Trinajstić information content (AvgIpc) is 2.48. The van der Waals surface area contributed by atoms with Crippen molar-refractivity contribution in [1.82, 2.24) is 15.2 Å². The quantitative estimate of drug-likeness (QED) is 0.555. The highest BCUT2D eigenvalue weighted by Gasteiger charge is 2.24. The highest BCUT2D eigenvalue weighted by atomic mass is 16.3. The lowest BCUT2D eigenvalue weighted by molar-refractivity contribution is 0.0265. The zero-order valence-corrected chi connectivity index (χ0v) is 8.70. The SMILES string of the molecule is CC(C)C(C)(O)CNc1n[nH]c(N)n1. The molecular formula is C8H17N5O. The molecule has 6 nitrogen and oxygen atoms in total. The Hall–Kier alpha value is -1.30. The van der Waals surface area contributed by atoms with E-state index in [1.165, 1.54) is 0 Å². The number of nitrogens with one attached hydrogen (secondary N) is 2. The van der Waals surface area contributed by atoms with Crippen LogP contribution in [0.5, 0.6) is 0 Å². The van der Waals surface area contributed by atoms with Gasteiger partial charge in [0.25, 0.3) is 0 Å². The minimum absolute atomic E-state index is 0.159. The molecule has 1 unspecified atom stereocenters. The Balaban J connectivity index is 2.48. The molecule has 6 heteroatoms. The fourth-order valence-corrected chi connectivity index (χ4v) is 0.816. The second kappa shape index (κ2) is 3.83. The number of nitrogens with zero attached hydrogens (tertiary/aromatic N) is 2. The van der Waals surface area contributed by atoms with Gasteiger partial charge in [0, 0.05) is 6.54 Å². The Morgan fingerprint density at radius 2 is 2.29 bits per heavy atom. The van der Waals surface area contributed by atoms with Gasteiger partial charge in [-0.05, 0) is 12.8 Å². The zero-order valence-electron chi connectivity index (χ0n) is 8.70. The summed E-state index contributed by atoms with van der Waals surface area (Å²) in [6, 6.07) is 0. The number of nitrogens with two attached hydrogens (primary N) is 1. The van der Waals surface area contributed by atoms with Crippen LogP contribution in [-0.2, 0) is 0 Å². The smallest absolute Gasteiger partial charge is 0.243 e. The van der Waals surface area contributed by atoms with Gasteiger partial charge in [-0.2, -0.15) is 4.98 Å². The van der Waals surface area contributed by atoms with Crippen molar-refractivity contribution >= 4 is 11.9 Å². The summed E-state index contributed by atoms with van der Waals surface area (Å²) in [4.78, 5) is 3.86. The third kappa shape index (κ3) is 2.59. The Morgan fingerprint density at radius 1 is 1.64 bits per heavy atom. The standard InChI is InChI=1S/C8H17N5O/c1-5(2)8(3,14)4-10-7-11-6(9)12-13-7/h5,14H,4H2,1-3H3,(H4,9,10,11,12,13). The second-order valence-corrected chi connectivity index (χ2v) is 3.91. The van der Waals surface area contributed by atoms with E-state index >= 15 is 0 Å². The highest BCUT2D eigenvalue weighted by Crippen LogP contribution is 2.16. The van der Waals surface area contributed by atoms with Crippen molar-refractivity contribution in [3.63, 3.8) is 0 Å². The van der Waals surface area contributed by atoms with Crippen molar-refractivity contribution in [1.29, 1.82) is 0 Å². The number of hydrogen-bond acceptors (Lipinski definition) is 5. The molecule has 1 aromatic rings. The lowest BCUT2D eigenvalue weighted by Gasteiger charge is -2.27. The van der Waals surface area contributed by atoms with Crippen molar-refractivity contribution in [3.05, 3.63) is 0 Å². The number of aromatic amines is 1. The molecule has 0 saturated heterocycles. The van der Waals surface area contributed by atoms with E-state index in [2.05, 4.69) is 20.5 Å². The molecule has 0 bridgehead atoms. The van der Waals surface area contributed by atoms with Crippen molar-refractivity contribution in [3.8, 4) is 0 Å². The molecule has 0 aromatic carbocycles. The minimum atomic E-state index is -0.782. The first-order valence-corrected chi connectivity index (χ1v) is 4.56. The van der Waals surface area contributed by atoms with Crippen LogP contribution in [0.4, 0.5) is 11.9 Å². The number of rotatable bonds is 4. The van der Waals surface area contributed by atoms with Crippen molar-refractivity contribution in [2.45, 2.75) is 26.4 Å². The van der Waals surface area contributed by atoms with Crippen molar-refractivity contribution in [2.75, 3.05) is 17.6 Å². The Labute approximate surface area is 82.9 Å². The van der Waals surface area contributed by atoms with E-state index in [9.17, 15) is 5.11 Å².